The molecule has 198 valence electrons. The zero-order chi connectivity index (χ0) is 27.0. The van der Waals surface area contributed by atoms with Gasteiger partial charge in [-0.25, -0.2) is 18.0 Å². The highest BCUT2D eigenvalue weighted by atomic mass is 35.5. The molecular formula is C25H27ClN2O8S. The smallest absolute Gasteiger partial charge is 0.328 e. The average molecular weight is 551 g/mol. The summed E-state index contributed by atoms with van der Waals surface area (Å²) < 4.78 is 33.3. The van der Waals surface area contributed by atoms with Gasteiger partial charge in [0.15, 0.2) is 0 Å². The number of sulfonamides is 1. The number of aryl methyl sites for hydroxylation is 1. The maximum atomic E-state index is 13.5. The van der Waals surface area contributed by atoms with Crippen LogP contribution in [0, 0.1) is 0 Å². The standard InChI is InChI=1S/C21H23ClN2O4S.C4H4O4/c22-17-10-8-16(9-11-17)4-3-7-20-18-5-1-2-6-19(18)21(25)24(29(20,26)27)23-12-14-28-15-13-23;5-3(6)1-2-4(7)8/h1-2,5-6,8-11,20H,3-4,7,12-15H2;1-2H,(H,5,6)(H,7,8)/b;2-1+. The maximum Gasteiger partial charge on any atom is 0.328 e. The fraction of sp³-hybridized carbons (Fsp3) is 0.320. The molecule has 0 bridgehead atoms. The van der Waals surface area contributed by atoms with Crippen molar-refractivity contribution in [1.82, 2.24) is 9.42 Å². The lowest BCUT2D eigenvalue weighted by atomic mass is 9.98. The minimum absolute atomic E-state index is 0.380. The van der Waals surface area contributed by atoms with E-state index in [0.717, 1.165) is 16.4 Å². The molecule has 2 aliphatic heterocycles. The number of ether oxygens (including phenoxy) is 1. The number of rotatable bonds is 7. The summed E-state index contributed by atoms with van der Waals surface area (Å²) in [5.74, 6) is -2.99. The van der Waals surface area contributed by atoms with Gasteiger partial charge in [-0.1, -0.05) is 41.9 Å². The molecule has 0 radical (unpaired) electrons. The van der Waals surface area contributed by atoms with Crippen molar-refractivity contribution in [2.45, 2.75) is 24.5 Å². The van der Waals surface area contributed by atoms with Crippen molar-refractivity contribution in [2.24, 2.45) is 0 Å². The normalized spacial score (nSPS) is 19.1. The van der Waals surface area contributed by atoms with Gasteiger partial charge in [-0.3, -0.25) is 4.79 Å². The zero-order valence-corrected chi connectivity index (χ0v) is 21.4. The number of aliphatic carboxylic acids is 2. The van der Waals surface area contributed by atoms with Crippen molar-refractivity contribution in [3.8, 4) is 0 Å². The topological polar surface area (TPSA) is 142 Å². The minimum atomic E-state index is -3.85. The quantitative estimate of drug-likeness (QED) is 0.497. The van der Waals surface area contributed by atoms with Crippen molar-refractivity contribution < 1.29 is 37.8 Å². The van der Waals surface area contributed by atoms with Crippen LogP contribution in [0.15, 0.2) is 60.7 Å². The zero-order valence-electron chi connectivity index (χ0n) is 19.8. The van der Waals surface area contributed by atoms with Crippen LogP contribution < -0.4 is 0 Å². The van der Waals surface area contributed by atoms with Crippen LogP contribution in [0.2, 0.25) is 5.02 Å². The van der Waals surface area contributed by atoms with E-state index in [2.05, 4.69) is 0 Å². The molecule has 10 nitrogen and oxygen atoms in total. The molecule has 2 aromatic carbocycles. The number of morpholine rings is 1. The largest absolute Gasteiger partial charge is 0.478 e. The van der Waals surface area contributed by atoms with Crippen molar-refractivity contribution >= 4 is 39.5 Å². The fourth-order valence-corrected chi connectivity index (χ4v) is 6.26. The van der Waals surface area contributed by atoms with Crippen molar-refractivity contribution in [3.05, 3.63) is 82.4 Å². The summed E-state index contributed by atoms with van der Waals surface area (Å²) in [6, 6.07) is 14.6. The van der Waals surface area contributed by atoms with Crippen LogP contribution in [-0.2, 0) is 30.8 Å². The first kappa shape index (κ1) is 28.3. The number of halogens is 1. The Hall–Kier alpha value is -3.25. The summed E-state index contributed by atoms with van der Waals surface area (Å²) >= 11 is 5.93. The summed E-state index contributed by atoms with van der Waals surface area (Å²) in [6.07, 6.45) is 2.99. The van der Waals surface area contributed by atoms with Gasteiger partial charge in [0.1, 0.15) is 5.25 Å². The Bertz CT molecular complexity index is 1240. The van der Waals surface area contributed by atoms with Gasteiger partial charge < -0.3 is 14.9 Å². The molecule has 1 fully saturated rings. The molecule has 1 saturated heterocycles. The van der Waals surface area contributed by atoms with Crippen molar-refractivity contribution in [3.63, 3.8) is 0 Å². The molecule has 1 amide bonds. The highest BCUT2D eigenvalue weighted by molar-refractivity contribution is 7.90. The first-order valence-corrected chi connectivity index (χ1v) is 13.4. The third-order valence-corrected chi connectivity index (χ3v) is 8.11. The van der Waals surface area contributed by atoms with Gasteiger partial charge in [0.05, 0.1) is 13.2 Å². The van der Waals surface area contributed by atoms with Crippen LogP contribution in [0.5, 0.6) is 0 Å². The Balaban J connectivity index is 0.000000414. The summed E-state index contributed by atoms with van der Waals surface area (Å²) in [6.45, 7) is 1.57. The van der Waals surface area contributed by atoms with Gasteiger partial charge in [-0.15, -0.1) is 0 Å². The Kier molecular flexibility index (Phi) is 9.81. The van der Waals surface area contributed by atoms with E-state index in [1.54, 1.807) is 29.3 Å². The number of carboxylic acid groups (broad SMARTS) is 2. The summed E-state index contributed by atoms with van der Waals surface area (Å²) in [5, 5.41) is 17.2. The first-order valence-electron chi connectivity index (χ1n) is 11.5. The lowest BCUT2D eigenvalue weighted by molar-refractivity contribution is -0.134. The first-order chi connectivity index (χ1) is 17.6. The van der Waals surface area contributed by atoms with E-state index in [-0.39, 0.29) is 0 Å². The molecule has 2 aliphatic rings. The van der Waals surface area contributed by atoms with Crippen LogP contribution in [0.25, 0.3) is 0 Å². The molecule has 1 atom stereocenters. The van der Waals surface area contributed by atoms with Gasteiger partial charge in [-0.05, 0) is 48.6 Å². The van der Waals surface area contributed by atoms with E-state index in [4.69, 9.17) is 26.6 Å². The number of fused-ring (bicyclic) bond motifs is 1. The molecule has 4 rings (SSSR count). The molecular weight excluding hydrogens is 524 g/mol. The van der Waals surface area contributed by atoms with Gasteiger partial charge >= 0.3 is 11.9 Å². The van der Waals surface area contributed by atoms with E-state index in [1.807, 2.05) is 24.3 Å². The number of nitrogens with zero attached hydrogens (tertiary/aromatic N) is 2. The van der Waals surface area contributed by atoms with Crippen LogP contribution in [0.3, 0.4) is 0 Å². The maximum absolute atomic E-state index is 13.5. The van der Waals surface area contributed by atoms with Gasteiger partial charge in [-0.2, -0.15) is 9.42 Å². The van der Waals surface area contributed by atoms with Gasteiger partial charge in [0, 0.05) is 35.8 Å². The van der Waals surface area contributed by atoms with Crippen LogP contribution >= 0.6 is 11.6 Å². The SMILES string of the molecule is O=C(O)/C=C/C(=O)O.O=C1c2ccccc2C(CCCc2ccc(Cl)cc2)S(=O)(=O)N1N1CCOCC1. The fourth-order valence-electron chi connectivity index (χ4n) is 4.09. The van der Waals surface area contributed by atoms with E-state index >= 15 is 0 Å². The van der Waals surface area contributed by atoms with Crippen molar-refractivity contribution in [2.75, 3.05) is 26.3 Å². The molecule has 0 saturated carbocycles. The highest BCUT2D eigenvalue weighted by Crippen LogP contribution is 2.39. The number of benzene rings is 2. The second-order valence-corrected chi connectivity index (χ2v) is 10.6. The molecule has 37 heavy (non-hydrogen) atoms. The Morgan fingerprint density at radius 1 is 1.00 bits per heavy atom. The van der Waals surface area contributed by atoms with Crippen molar-refractivity contribution in [1.29, 1.82) is 0 Å². The van der Waals surface area contributed by atoms with E-state index in [9.17, 15) is 22.8 Å². The molecule has 1 unspecified atom stereocenters. The number of hydrazine groups is 1. The number of hydrogen-bond acceptors (Lipinski definition) is 7. The number of amides is 1. The predicted octanol–water partition coefficient (Wildman–Crippen LogP) is 3.15. The highest BCUT2D eigenvalue weighted by Gasteiger charge is 2.46. The van der Waals surface area contributed by atoms with Crippen LogP contribution in [0.1, 0.15) is 39.6 Å². The second-order valence-electron chi connectivity index (χ2n) is 8.26. The molecule has 0 aliphatic carbocycles. The second kappa shape index (κ2) is 12.8. The third-order valence-electron chi connectivity index (χ3n) is 5.77. The Morgan fingerprint density at radius 2 is 1.59 bits per heavy atom. The molecule has 2 N–H and O–H groups in total. The molecule has 2 aromatic rings. The lowest BCUT2D eigenvalue weighted by Crippen LogP contribution is -2.57. The van der Waals surface area contributed by atoms with E-state index < -0.39 is 33.1 Å². The Morgan fingerprint density at radius 3 is 2.19 bits per heavy atom. The molecule has 0 spiro atoms. The molecule has 2 heterocycles. The monoisotopic (exact) mass is 550 g/mol. The average Bonchev–Trinajstić information content (AvgIpc) is 2.87. The van der Waals surface area contributed by atoms with Gasteiger partial charge in [0.25, 0.3) is 15.9 Å². The number of carbonyl (C=O) groups is 3. The Labute approximate surface area is 219 Å². The number of carbonyl (C=O) groups excluding carboxylic acids is 1. The summed E-state index contributed by atoms with van der Waals surface area (Å²) in [5.41, 5.74) is 2.17. The molecule has 12 heteroatoms. The summed E-state index contributed by atoms with van der Waals surface area (Å²) in [4.78, 5) is 32.2. The van der Waals surface area contributed by atoms with Crippen LogP contribution in [0.4, 0.5) is 0 Å². The predicted molar refractivity (Wildman–Crippen MR) is 135 cm³/mol. The van der Waals surface area contributed by atoms with E-state index in [0.29, 0.717) is 67.4 Å². The van der Waals surface area contributed by atoms with E-state index in [1.165, 1.54) is 0 Å². The van der Waals surface area contributed by atoms with Crippen LogP contribution in [-0.4, -0.2) is 72.2 Å². The number of carboxylic acids is 2. The lowest BCUT2D eigenvalue weighted by Gasteiger charge is -2.41. The third kappa shape index (κ3) is 7.39. The summed E-state index contributed by atoms with van der Waals surface area (Å²) in [7, 11) is -3.85. The molecule has 0 aromatic heterocycles. The number of hydrogen-bond donors (Lipinski definition) is 2. The van der Waals surface area contributed by atoms with Gasteiger partial charge in [0.2, 0.25) is 0 Å². The minimum Gasteiger partial charge on any atom is -0.478 e.